The molecule has 2 N–H and O–H groups in total. The van der Waals surface area contributed by atoms with Crippen LogP contribution in [-0.2, 0) is 11.3 Å². The van der Waals surface area contributed by atoms with Crippen molar-refractivity contribution in [1.29, 1.82) is 0 Å². The molecule has 0 aliphatic rings. The van der Waals surface area contributed by atoms with Crippen molar-refractivity contribution in [3.63, 3.8) is 0 Å². The summed E-state index contributed by atoms with van der Waals surface area (Å²) in [5, 5.41) is 5.29. The first kappa shape index (κ1) is 18.3. The summed E-state index contributed by atoms with van der Waals surface area (Å²) in [5.41, 5.74) is 2.15. The molecule has 8 heteroatoms. The molecule has 0 spiro atoms. The first-order chi connectivity index (χ1) is 12.5. The van der Waals surface area contributed by atoms with E-state index in [0.717, 1.165) is 17.3 Å². The fraction of sp³-hybridized carbons (Fsp3) is 0.167. The van der Waals surface area contributed by atoms with Gasteiger partial charge in [0.15, 0.2) is 5.58 Å². The van der Waals surface area contributed by atoms with Crippen molar-refractivity contribution in [1.82, 2.24) is 15.6 Å². The van der Waals surface area contributed by atoms with E-state index < -0.39 is 17.2 Å². The van der Waals surface area contributed by atoms with E-state index in [2.05, 4.69) is 15.6 Å². The molecule has 2 aromatic carbocycles. The minimum atomic E-state index is -0.555. The molecule has 0 saturated carbocycles. The van der Waals surface area contributed by atoms with Crippen LogP contribution >= 0.6 is 23.4 Å². The number of nitrogens with zero attached hydrogens (tertiary/aromatic N) is 1. The largest absolute Gasteiger partial charge is 0.431 e. The third kappa shape index (κ3) is 4.77. The van der Waals surface area contributed by atoms with E-state index in [1.54, 1.807) is 25.1 Å². The zero-order valence-electron chi connectivity index (χ0n) is 13.9. The van der Waals surface area contributed by atoms with Gasteiger partial charge in [-0.2, -0.15) is 0 Å². The highest BCUT2D eigenvalue weighted by Gasteiger charge is 2.20. The number of carbonyl (C=O) groups is 2. The van der Waals surface area contributed by atoms with Crippen LogP contribution in [-0.4, -0.2) is 22.2 Å². The van der Waals surface area contributed by atoms with Gasteiger partial charge in [-0.25, -0.2) is 9.78 Å². The molecule has 3 aromatic rings. The van der Waals surface area contributed by atoms with Crippen LogP contribution in [0.4, 0.5) is 4.79 Å². The highest BCUT2D eigenvalue weighted by molar-refractivity contribution is 8.00. The van der Waals surface area contributed by atoms with Gasteiger partial charge in [0.05, 0.1) is 5.25 Å². The summed E-state index contributed by atoms with van der Waals surface area (Å²) >= 11 is 7.04. The van der Waals surface area contributed by atoms with Gasteiger partial charge >= 0.3 is 6.03 Å². The Bertz CT molecular complexity index is 930. The Kier molecular flexibility index (Phi) is 5.80. The highest BCUT2D eigenvalue weighted by atomic mass is 35.5. The molecule has 26 heavy (non-hydrogen) atoms. The first-order valence-corrected chi connectivity index (χ1v) is 9.12. The van der Waals surface area contributed by atoms with Gasteiger partial charge in [0.2, 0.25) is 5.91 Å². The van der Waals surface area contributed by atoms with E-state index in [1.165, 1.54) is 0 Å². The van der Waals surface area contributed by atoms with E-state index >= 15 is 0 Å². The van der Waals surface area contributed by atoms with E-state index in [4.69, 9.17) is 16.0 Å². The predicted molar refractivity (Wildman–Crippen MR) is 101 cm³/mol. The summed E-state index contributed by atoms with van der Waals surface area (Å²) < 4.78 is 5.57. The SMILES string of the molecule is C[C@@H](Sc1nc2ccc(Cl)cc2o1)C(=O)NC(=O)NCc1ccccc1. The Balaban J connectivity index is 1.52. The monoisotopic (exact) mass is 389 g/mol. The number of fused-ring (bicyclic) bond motifs is 1. The van der Waals surface area contributed by atoms with E-state index in [9.17, 15) is 9.59 Å². The minimum absolute atomic E-state index is 0.341. The topological polar surface area (TPSA) is 84.2 Å². The smallest absolute Gasteiger partial charge is 0.321 e. The minimum Gasteiger partial charge on any atom is -0.431 e. The number of carbonyl (C=O) groups excluding carboxylic acids is 2. The average Bonchev–Trinajstić information content (AvgIpc) is 3.02. The summed E-state index contributed by atoms with van der Waals surface area (Å²) in [6, 6.07) is 14.0. The predicted octanol–water partition coefficient (Wildman–Crippen LogP) is 3.99. The molecule has 1 aromatic heterocycles. The lowest BCUT2D eigenvalue weighted by molar-refractivity contribution is -0.119. The summed E-state index contributed by atoms with van der Waals surface area (Å²) in [6.45, 7) is 2.01. The van der Waals surface area contributed by atoms with Crippen LogP contribution in [0.1, 0.15) is 12.5 Å². The second-order valence-electron chi connectivity index (χ2n) is 5.51. The molecule has 3 amide bonds. The van der Waals surface area contributed by atoms with E-state index in [-0.39, 0.29) is 0 Å². The number of imide groups is 1. The summed E-state index contributed by atoms with van der Waals surface area (Å²) in [4.78, 5) is 28.3. The Hall–Kier alpha value is -2.51. The molecule has 0 bridgehead atoms. The molecule has 6 nitrogen and oxygen atoms in total. The third-order valence-electron chi connectivity index (χ3n) is 3.51. The van der Waals surface area contributed by atoms with Crippen molar-refractivity contribution in [2.45, 2.75) is 23.9 Å². The van der Waals surface area contributed by atoms with Crippen molar-refractivity contribution < 1.29 is 14.0 Å². The van der Waals surface area contributed by atoms with Gasteiger partial charge in [-0.1, -0.05) is 53.7 Å². The Labute approximate surface area is 159 Å². The van der Waals surface area contributed by atoms with Crippen LogP contribution in [0.25, 0.3) is 11.1 Å². The lowest BCUT2D eigenvalue weighted by Crippen LogP contribution is -2.42. The quantitative estimate of drug-likeness (QED) is 0.644. The molecule has 0 fully saturated rings. The number of halogens is 1. The number of hydrogen-bond donors (Lipinski definition) is 2. The van der Waals surface area contributed by atoms with E-state index in [0.29, 0.717) is 27.9 Å². The Morgan fingerprint density at radius 3 is 2.77 bits per heavy atom. The second kappa shape index (κ2) is 8.25. The highest BCUT2D eigenvalue weighted by Crippen LogP contribution is 2.28. The van der Waals surface area contributed by atoms with Gasteiger partial charge in [0.25, 0.3) is 5.22 Å². The molecule has 1 heterocycles. The lowest BCUT2D eigenvalue weighted by atomic mass is 10.2. The molecule has 0 radical (unpaired) electrons. The van der Waals surface area contributed by atoms with Crippen LogP contribution in [0.15, 0.2) is 58.2 Å². The molecule has 1 atom stereocenters. The molecule has 0 aliphatic carbocycles. The van der Waals surface area contributed by atoms with Crippen LogP contribution in [0, 0.1) is 0 Å². The van der Waals surface area contributed by atoms with Crippen LogP contribution in [0.3, 0.4) is 0 Å². The average molecular weight is 390 g/mol. The maximum atomic E-state index is 12.2. The zero-order chi connectivity index (χ0) is 18.5. The Morgan fingerprint density at radius 1 is 1.23 bits per heavy atom. The first-order valence-electron chi connectivity index (χ1n) is 7.86. The van der Waals surface area contributed by atoms with E-state index in [1.807, 2.05) is 30.3 Å². The number of thioether (sulfide) groups is 1. The standard InChI is InChI=1S/C18H16ClN3O3S/c1-11(26-18-21-14-8-7-13(19)9-15(14)25-18)16(23)22-17(24)20-10-12-5-3-2-4-6-12/h2-9,11H,10H2,1H3,(H2,20,22,23,24)/t11-/m1/s1. The number of urea groups is 1. The number of amides is 3. The number of hydrogen-bond acceptors (Lipinski definition) is 5. The summed E-state index contributed by atoms with van der Waals surface area (Å²) in [7, 11) is 0. The van der Waals surface area contributed by atoms with Crippen molar-refractivity contribution >= 4 is 46.4 Å². The van der Waals surface area contributed by atoms with Crippen LogP contribution in [0.2, 0.25) is 5.02 Å². The third-order valence-corrected chi connectivity index (χ3v) is 4.69. The molecule has 3 rings (SSSR count). The molecule has 0 saturated heterocycles. The summed E-state index contributed by atoms with van der Waals surface area (Å²) in [5.74, 6) is -0.430. The number of nitrogens with one attached hydrogen (secondary N) is 2. The van der Waals surface area contributed by atoms with Crippen molar-refractivity contribution in [3.8, 4) is 0 Å². The molecular formula is C18H16ClN3O3S. The van der Waals surface area contributed by atoms with Crippen LogP contribution < -0.4 is 10.6 Å². The van der Waals surface area contributed by atoms with Gasteiger partial charge in [0.1, 0.15) is 5.52 Å². The van der Waals surface area contributed by atoms with Gasteiger partial charge in [-0.3, -0.25) is 10.1 Å². The fourth-order valence-electron chi connectivity index (χ4n) is 2.17. The van der Waals surface area contributed by atoms with Crippen molar-refractivity contribution in [2.24, 2.45) is 0 Å². The fourth-order valence-corrected chi connectivity index (χ4v) is 3.09. The molecule has 0 unspecified atom stereocenters. The maximum absolute atomic E-state index is 12.2. The lowest BCUT2D eigenvalue weighted by Gasteiger charge is -2.10. The van der Waals surface area contributed by atoms with Gasteiger partial charge in [-0.05, 0) is 24.6 Å². The number of rotatable bonds is 5. The second-order valence-corrected chi connectivity index (χ2v) is 7.24. The maximum Gasteiger partial charge on any atom is 0.321 e. The van der Waals surface area contributed by atoms with Crippen LogP contribution in [0.5, 0.6) is 0 Å². The molecular weight excluding hydrogens is 374 g/mol. The van der Waals surface area contributed by atoms with Gasteiger partial charge in [-0.15, -0.1) is 0 Å². The normalized spacial score (nSPS) is 11.9. The number of oxazole rings is 1. The van der Waals surface area contributed by atoms with Crippen molar-refractivity contribution in [3.05, 3.63) is 59.1 Å². The number of benzene rings is 2. The molecule has 134 valence electrons. The zero-order valence-corrected chi connectivity index (χ0v) is 15.4. The van der Waals surface area contributed by atoms with Gasteiger partial charge in [0, 0.05) is 17.6 Å². The van der Waals surface area contributed by atoms with Gasteiger partial charge < -0.3 is 9.73 Å². The van der Waals surface area contributed by atoms with Crippen molar-refractivity contribution in [2.75, 3.05) is 0 Å². The Morgan fingerprint density at radius 2 is 2.00 bits per heavy atom. The molecule has 0 aliphatic heterocycles. The summed E-state index contributed by atoms with van der Waals surface area (Å²) in [6.07, 6.45) is 0. The number of aromatic nitrogens is 1.